The van der Waals surface area contributed by atoms with Gasteiger partial charge in [-0.05, 0) is 78.7 Å². The molecule has 0 amide bonds. The number of hydrogen-bond donors (Lipinski definition) is 0. The number of furan rings is 1. The zero-order valence-corrected chi connectivity index (χ0v) is 33.1. The van der Waals surface area contributed by atoms with Crippen molar-refractivity contribution in [1.29, 1.82) is 0 Å². The van der Waals surface area contributed by atoms with Crippen LogP contribution < -0.4 is 0 Å². The molecule has 4 nitrogen and oxygen atoms in total. The fourth-order valence-electron chi connectivity index (χ4n) is 9.60. The Morgan fingerprint density at radius 3 is 1.85 bits per heavy atom. The Morgan fingerprint density at radius 1 is 0.367 bits per heavy atom. The van der Waals surface area contributed by atoms with Gasteiger partial charge in [-0.25, -0.2) is 15.0 Å². The molecule has 0 unspecified atom stereocenters. The Kier molecular flexibility index (Phi) is 7.54. The highest BCUT2D eigenvalue weighted by molar-refractivity contribution is 6.23. The van der Waals surface area contributed by atoms with Crippen LogP contribution in [-0.4, -0.2) is 15.0 Å². The average molecular weight is 768 g/mol. The third kappa shape index (κ3) is 5.27. The highest BCUT2D eigenvalue weighted by Crippen LogP contribution is 2.50. The van der Waals surface area contributed by atoms with Crippen molar-refractivity contribution in [3.05, 3.63) is 199 Å². The number of para-hydroxylation sites is 1. The maximum absolute atomic E-state index is 7.02. The number of nitrogens with zero attached hydrogens (tertiary/aromatic N) is 3. The lowest BCUT2D eigenvalue weighted by Gasteiger charge is -2.21. The van der Waals surface area contributed by atoms with Crippen molar-refractivity contribution in [2.45, 2.75) is 19.3 Å². The molecule has 1 aliphatic carbocycles. The van der Waals surface area contributed by atoms with Crippen molar-refractivity contribution < 1.29 is 4.42 Å². The lowest BCUT2D eigenvalue weighted by atomic mass is 9.82. The smallest absolute Gasteiger partial charge is 0.164 e. The van der Waals surface area contributed by atoms with E-state index >= 15 is 0 Å². The normalized spacial score (nSPS) is 13.0. The largest absolute Gasteiger partial charge is 0.455 e. The van der Waals surface area contributed by atoms with Crippen molar-refractivity contribution in [3.8, 4) is 67.5 Å². The summed E-state index contributed by atoms with van der Waals surface area (Å²) in [6.45, 7) is 4.64. The summed E-state index contributed by atoms with van der Waals surface area (Å²) < 4.78 is 7.02. The van der Waals surface area contributed by atoms with Crippen LogP contribution in [0.25, 0.3) is 111 Å². The summed E-state index contributed by atoms with van der Waals surface area (Å²) in [6, 6.07) is 66.5. The van der Waals surface area contributed by atoms with Gasteiger partial charge in [0.15, 0.2) is 17.5 Å². The van der Waals surface area contributed by atoms with Crippen molar-refractivity contribution in [2.24, 2.45) is 0 Å². The summed E-state index contributed by atoms with van der Waals surface area (Å²) in [5.74, 6) is 1.82. The molecule has 0 bridgehead atoms. The summed E-state index contributed by atoms with van der Waals surface area (Å²) in [7, 11) is 0. The molecule has 282 valence electrons. The topological polar surface area (TPSA) is 51.8 Å². The lowest BCUT2D eigenvalue weighted by Crippen LogP contribution is -2.14. The summed E-state index contributed by atoms with van der Waals surface area (Å²) in [6.07, 6.45) is 0. The number of aromatic nitrogens is 3. The molecule has 0 fully saturated rings. The first-order chi connectivity index (χ1) is 29.5. The molecule has 0 atom stereocenters. The average Bonchev–Trinajstić information content (AvgIpc) is 3.80. The molecule has 11 aromatic rings. The van der Waals surface area contributed by atoms with Gasteiger partial charge in [0.25, 0.3) is 0 Å². The van der Waals surface area contributed by atoms with Gasteiger partial charge in [-0.1, -0.05) is 184 Å². The quantitative estimate of drug-likeness (QED) is 0.175. The van der Waals surface area contributed by atoms with Crippen LogP contribution in [-0.2, 0) is 5.41 Å². The Hall–Kier alpha value is -7.69. The van der Waals surface area contributed by atoms with Gasteiger partial charge in [-0.2, -0.15) is 0 Å². The molecular weight excluding hydrogens is 731 g/mol. The molecule has 0 radical (unpaired) electrons. The van der Waals surface area contributed by atoms with Gasteiger partial charge >= 0.3 is 0 Å². The van der Waals surface area contributed by atoms with E-state index in [1.165, 1.54) is 22.3 Å². The molecule has 0 spiro atoms. The van der Waals surface area contributed by atoms with Crippen molar-refractivity contribution in [3.63, 3.8) is 0 Å². The third-order valence-electron chi connectivity index (χ3n) is 12.5. The van der Waals surface area contributed by atoms with Gasteiger partial charge < -0.3 is 4.42 Å². The number of benzene rings is 9. The highest BCUT2D eigenvalue weighted by Gasteiger charge is 2.35. The van der Waals surface area contributed by atoms with E-state index in [9.17, 15) is 0 Å². The maximum Gasteiger partial charge on any atom is 0.164 e. The predicted molar refractivity (Wildman–Crippen MR) is 247 cm³/mol. The summed E-state index contributed by atoms with van der Waals surface area (Å²) >= 11 is 0. The predicted octanol–water partition coefficient (Wildman–Crippen LogP) is 14.7. The monoisotopic (exact) mass is 767 g/mol. The second-order valence-corrected chi connectivity index (χ2v) is 16.3. The Balaban J connectivity index is 1.08. The molecule has 2 aromatic heterocycles. The molecule has 0 N–H and O–H groups in total. The highest BCUT2D eigenvalue weighted by atomic mass is 16.3. The van der Waals surface area contributed by atoms with Crippen LogP contribution in [0.2, 0.25) is 0 Å². The summed E-state index contributed by atoms with van der Waals surface area (Å²) in [5, 5.41) is 6.52. The first-order valence-corrected chi connectivity index (χ1v) is 20.5. The number of fused-ring (bicyclic) bond motifs is 9. The lowest BCUT2D eigenvalue weighted by molar-refractivity contribution is 0.660. The van der Waals surface area contributed by atoms with E-state index in [1.54, 1.807) is 0 Å². The van der Waals surface area contributed by atoms with E-state index in [1.807, 2.05) is 6.07 Å². The second-order valence-electron chi connectivity index (χ2n) is 16.3. The van der Waals surface area contributed by atoms with Crippen LogP contribution in [0.4, 0.5) is 0 Å². The molecule has 0 saturated heterocycles. The second kappa shape index (κ2) is 13.2. The molecule has 60 heavy (non-hydrogen) atoms. The Bertz CT molecular complexity index is 3520. The fourth-order valence-corrected chi connectivity index (χ4v) is 9.60. The molecule has 4 heteroatoms. The van der Waals surface area contributed by atoms with Crippen molar-refractivity contribution in [2.75, 3.05) is 0 Å². The van der Waals surface area contributed by atoms with Crippen LogP contribution in [0.1, 0.15) is 25.0 Å². The SMILES string of the molecule is CC1(C)c2ccccc2-c2cc(-c3cccc4c3oc3cc(-c5nc(-c6cccc(-c7ccccc7)c6)nc(-c6cccc7ccccc67)n5)c5ccccc5c34)ccc21. The van der Waals surface area contributed by atoms with Gasteiger partial charge in [0, 0.05) is 38.4 Å². The first-order valence-electron chi connectivity index (χ1n) is 20.5. The van der Waals surface area contributed by atoms with E-state index in [4.69, 9.17) is 19.4 Å². The van der Waals surface area contributed by atoms with Gasteiger partial charge in [0.2, 0.25) is 0 Å². The van der Waals surface area contributed by atoms with E-state index in [-0.39, 0.29) is 5.41 Å². The van der Waals surface area contributed by atoms with Crippen LogP contribution in [0.15, 0.2) is 192 Å². The van der Waals surface area contributed by atoms with Gasteiger partial charge in [-0.15, -0.1) is 0 Å². The molecule has 0 saturated carbocycles. The van der Waals surface area contributed by atoms with Crippen LogP contribution in [0.3, 0.4) is 0 Å². The number of hydrogen-bond acceptors (Lipinski definition) is 4. The molecule has 9 aromatic carbocycles. The zero-order chi connectivity index (χ0) is 40.0. The van der Waals surface area contributed by atoms with Gasteiger partial charge in [0.1, 0.15) is 11.2 Å². The summed E-state index contributed by atoms with van der Waals surface area (Å²) in [4.78, 5) is 15.8. The molecular formula is C56H37N3O. The molecule has 2 heterocycles. The van der Waals surface area contributed by atoms with E-state index in [0.717, 1.165) is 82.4 Å². The van der Waals surface area contributed by atoms with E-state index < -0.39 is 0 Å². The Labute approximate surface area is 347 Å². The molecule has 12 rings (SSSR count). The third-order valence-corrected chi connectivity index (χ3v) is 12.5. The van der Waals surface area contributed by atoms with Crippen molar-refractivity contribution in [1.82, 2.24) is 15.0 Å². The van der Waals surface area contributed by atoms with E-state index in [2.05, 4.69) is 196 Å². The fraction of sp³-hybridized carbons (Fsp3) is 0.0536. The van der Waals surface area contributed by atoms with E-state index in [0.29, 0.717) is 17.5 Å². The number of rotatable bonds is 5. The van der Waals surface area contributed by atoms with Gasteiger partial charge in [-0.3, -0.25) is 0 Å². The van der Waals surface area contributed by atoms with Crippen LogP contribution >= 0.6 is 0 Å². The maximum atomic E-state index is 7.02. The molecule has 1 aliphatic rings. The van der Waals surface area contributed by atoms with Crippen molar-refractivity contribution >= 4 is 43.5 Å². The van der Waals surface area contributed by atoms with Crippen LogP contribution in [0.5, 0.6) is 0 Å². The minimum Gasteiger partial charge on any atom is -0.455 e. The first kappa shape index (κ1) is 34.4. The minimum atomic E-state index is -0.0573. The van der Waals surface area contributed by atoms with Crippen LogP contribution in [0, 0.1) is 0 Å². The van der Waals surface area contributed by atoms with Gasteiger partial charge in [0.05, 0.1) is 0 Å². The zero-order valence-electron chi connectivity index (χ0n) is 33.1. The Morgan fingerprint density at radius 2 is 0.967 bits per heavy atom. The molecule has 0 aliphatic heterocycles. The summed E-state index contributed by atoms with van der Waals surface area (Å²) in [5.41, 5.74) is 14.1. The minimum absolute atomic E-state index is 0.0573. The standard InChI is InChI=1S/C56H37N3O/c1-56(2)48-28-11-10-23-42(48)46-32-37(29-30-49(46)56)40-25-14-27-45-51-43-24-9-8-22-41(43)47(33-50(51)60-52(40)45)55-58-53(38-20-12-19-36(31-38)34-15-4-3-5-16-34)57-54(59-55)44-26-13-18-35-17-6-7-21-39(35)44/h3-33H,1-2H3.